The second kappa shape index (κ2) is 5.73. The number of hydrogen-bond acceptors (Lipinski definition) is 3. The van der Waals surface area contributed by atoms with E-state index >= 15 is 0 Å². The molecule has 6 nitrogen and oxygen atoms in total. The van der Waals surface area contributed by atoms with E-state index in [1.165, 1.54) is 0 Å². The first-order valence-corrected chi connectivity index (χ1v) is 11.2. The molecule has 1 aliphatic heterocycles. The minimum Gasteiger partial charge on any atom is -0.361 e. The molecule has 0 spiro atoms. The van der Waals surface area contributed by atoms with Crippen LogP contribution in [-0.2, 0) is 11.3 Å². The number of pyridine rings is 1. The van der Waals surface area contributed by atoms with Crippen molar-refractivity contribution in [1.29, 1.82) is 0 Å². The van der Waals surface area contributed by atoms with E-state index in [4.69, 9.17) is 4.74 Å². The Morgan fingerprint density at radius 2 is 2.23 bits per heavy atom. The molecule has 1 aliphatic rings. The summed E-state index contributed by atoms with van der Waals surface area (Å²) in [5, 5.41) is 3.83. The fraction of sp³-hybridized carbons (Fsp3) is 0.467. The van der Waals surface area contributed by atoms with Gasteiger partial charge in [-0.1, -0.05) is 19.6 Å². The standard InChI is InChI=1S/C15H22N4O2Si/c1-22(2,3)7-6-21-10-19-13-11(9-18-15(19)20)8-17-14-12(13)4-5-16-14/h4-5,8H,6-7,9-10H2,1-3H3,(H,16,17)(H,18,20). The van der Waals surface area contributed by atoms with Crippen molar-refractivity contribution >= 4 is 30.8 Å². The Balaban J connectivity index is 1.80. The van der Waals surface area contributed by atoms with E-state index in [2.05, 4.69) is 34.9 Å². The lowest BCUT2D eigenvalue weighted by Crippen LogP contribution is -2.45. The van der Waals surface area contributed by atoms with Crippen molar-refractivity contribution in [1.82, 2.24) is 15.3 Å². The predicted octanol–water partition coefficient (Wildman–Crippen LogP) is 2.90. The fourth-order valence-electron chi connectivity index (χ4n) is 2.51. The molecule has 3 heterocycles. The van der Waals surface area contributed by atoms with Crippen molar-refractivity contribution < 1.29 is 9.53 Å². The summed E-state index contributed by atoms with van der Waals surface area (Å²) in [5.41, 5.74) is 2.71. The van der Waals surface area contributed by atoms with Gasteiger partial charge in [-0.25, -0.2) is 9.78 Å². The van der Waals surface area contributed by atoms with Gasteiger partial charge in [0.25, 0.3) is 0 Å². The van der Waals surface area contributed by atoms with Gasteiger partial charge in [0.2, 0.25) is 0 Å². The number of urea groups is 1. The van der Waals surface area contributed by atoms with Crippen LogP contribution in [0.25, 0.3) is 11.0 Å². The monoisotopic (exact) mass is 318 g/mol. The zero-order chi connectivity index (χ0) is 15.7. The molecule has 0 bridgehead atoms. The minimum atomic E-state index is -1.12. The number of anilines is 1. The smallest absolute Gasteiger partial charge is 0.324 e. The van der Waals surface area contributed by atoms with Crippen LogP contribution >= 0.6 is 0 Å². The highest BCUT2D eigenvalue weighted by Crippen LogP contribution is 2.31. The van der Waals surface area contributed by atoms with Crippen LogP contribution in [0.4, 0.5) is 10.5 Å². The third-order valence-corrected chi connectivity index (χ3v) is 5.50. The number of carbonyl (C=O) groups is 1. The van der Waals surface area contributed by atoms with E-state index in [0.29, 0.717) is 13.2 Å². The molecule has 2 N–H and O–H groups in total. The van der Waals surface area contributed by atoms with Gasteiger partial charge in [-0.3, -0.25) is 4.90 Å². The number of nitrogens with zero attached hydrogens (tertiary/aromatic N) is 2. The van der Waals surface area contributed by atoms with Crippen LogP contribution in [0.2, 0.25) is 25.7 Å². The number of ether oxygens (including phenoxy) is 1. The lowest BCUT2D eigenvalue weighted by atomic mass is 10.1. The number of aromatic amines is 1. The van der Waals surface area contributed by atoms with Crippen LogP contribution < -0.4 is 10.2 Å². The zero-order valence-corrected chi connectivity index (χ0v) is 14.3. The molecule has 0 radical (unpaired) electrons. The van der Waals surface area contributed by atoms with Gasteiger partial charge in [0.1, 0.15) is 12.4 Å². The molecule has 0 aromatic carbocycles. The number of amides is 2. The SMILES string of the molecule is C[Si](C)(C)CCOCN1C(=O)NCc2cnc3[nH]ccc3c21. The summed E-state index contributed by atoms with van der Waals surface area (Å²) >= 11 is 0. The fourth-order valence-corrected chi connectivity index (χ4v) is 3.27. The van der Waals surface area contributed by atoms with Crippen LogP contribution in [-0.4, -0.2) is 37.4 Å². The topological polar surface area (TPSA) is 70.2 Å². The summed E-state index contributed by atoms with van der Waals surface area (Å²) in [6.07, 6.45) is 3.65. The average Bonchev–Trinajstić information content (AvgIpc) is 2.92. The van der Waals surface area contributed by atoms with Crippen molar-refractivity contribution in [2.75, 3.05) is 18.2 Å². The van der Waals surface area contributed by atoms with E-state index in [0.717, 1.165) is 28.3 Å². The summed E-state index contributed by atoms with van der Waals surface area (Å²) < 4.78 is 5.77. The summed E-state index contributed by atoms with van der Waals surface area (Å²) in [5.74, 6) is 0. The summed E-state index contributed by atoms with van der Waals surface area (Å²) in [7, 11) is -1.12. The third-order valence-electron chi connectivity index (χ3n) is 3.80. The molecule has 3 rings (SSSR count). The van der Waals surface area contributed by atoms with Gasteiger partial charge >= 0.3 is 6.03 Å². The molecule has 7 heteroatoms. The molecule has 0 atom stereocenters. The van der Waals surface area contributed by atoms with Crippen molar-refractivity contribution in [2.45, 2.75) is 32.2 Å². The lowest BCUT2D eigenvalue weighted by molar-refractivity contribution is 0.146. The highest BCUT2D eigenvalue weighted by Gasteiger charge is 2.26. The average molecular weight is 318 g/mol. The second-order valence-corrected chi connectivity index (χ2v) is 12.4. The number of nitrogens with one attached hydrogen (secondary N) is 2. The molecule has 2 aromatic rings. The predicted molar refractivity (Wildman–Crippen MR) is 89.8 cm³/mol. The Hall–Kier alpha value is -1.86. The van der Waals surface area contributed by atoms with Crippen molar-refractivity contribution in [2.24, 2.45) is 0 Å². The number of carbonyl (C=O) groups excluding carboxylic acids is 1. The maximum atomic E-state index is 12.2. The Bertz CT molecular complexity index is 692. The van der Waals surface area contributed by atoms with E-state index < -0.39 is 8.07 Å². The highest BCUT2D eigenvalue weighted by molar-refractivity contribution is 6.76. The molecule has 0 saturated heterocycles. The van der Waals surface area contributed by atoms with Gasteiger partial charge in [-0.05, 0) is 12.1 Å². The number of fused-ring (bicyclic) bond motifs is 3. The maximum Gasteiger partial charge on any atom is 0.324 e. The summed E-state index contributed by atoms with van der Waals surface area (Å²) in [6.45, 7) is 8.41. The number of H-pyrrole nitrogens is 1. The van der Waals surface area contributed by atoms with Gasteiger partial charge < -0.3 is 15.0 Å². The highest BCUT2D eigenvalue weighted by atomic mass is 28.3. The Morgan fingerprint density at radius 1 is 1.41 bits per heavy atom. The van der Waals surface area contributed by atoms with E-state index in [1.807, 2.05) is 18.5 Å². The van der Waals surface area contributed by atoms with E-state index in [9.17, 15) is 4.79 Å². The molecule has 0 saturated carbocycles. The molecule has 22 heavy (non-hydrogen) atoms. The molecular formula is C15H22N4O2Si. The summed E-state index contributed by atoms with van der Waals surface area (Å²) in [4.78, 5) is 21.4. The van der Waals surface area contributed by atoms with Crippen LogP contribution in [0.5, 0.6) is 0 Å². The van der Waals surface area contributed by atoms with Gasteiger partial charge in [0.15, 0.2) is 0 Å². The largest absolute Gasteiger partial charge is 0.361 e. The van der Waals surface area contributed by atoms with Crippen LogP contribution in [0.15, 0.2) is 18.5 Å². The number of rotatable bonds is 5. The first-order valence-electron chi connectivity index (χ1n) is 7.54. The Labute approximate surface area is 130 Å². The Kier molecular flexibility index (Phi) is 3.92. The van der Waals surface area contributed by atoms with Crippen LogP contribution in [0.3, 0.4) is 0 Å². The maximum absolute atomic E-state index is 12.2. The Morgan fingerprint density at radius 3 is 3.00 bits per heavy atom. The molecule has 2 amide bonds. The second-order valence-electron chi connectivity index (χ2n) is 6.81. The zero-order valence-electron chi connectivity index (χ0n) is 13.3. The normalized spacial score (nSPS) is 15.0. The lowest BCUT2D eigenvalue weighted by Gasteiger charge is -2.30. The quantitative estimate of drug-likeness (QED) is 0.658. The molecular weight excluding hydrogens is 296 g/mol. The van der Waals surface area contributed by atoms with Gasteiger partial charge in [0.05, 0.1) is 5.69 Å². The first-order chi connectivity index (χ1) is 10.5. The van der Waals surface area contributed by atoms with Crippen LogP contribution in [0.1, 0.15) is 5.56 Å². The molecule has 2 aromatic heterocycles. The molecule has 0 unspecified atom stereocenters. The molecule has 0 fully saturated rings. The third kappa shape index (κ3) is 3.00. The van der Waals surface area contributed by atoms with Gasteiger partial charge in [-0.15, -0.1) is 0 Å². The molecule has 0 aliphatic carbocycles. The van der Waals surface area contributed by atoms with Crippen molar-refractivity contribution in [3.63, 3.8) is 0 Å². The van der Waals surface area contributed by atoms with Crippen LogP contribution in [0, 0.1) is 0 Å². The van der Waals surface area contributed by atoms with E-state index in [1.54, 1.807) is 4.90 Å². The van der Waals surface area contributed by atoms with Crippen molar-refractivity contribution in [3.8, 4) is 0 Å². The van der Waals surface area contributed by atoms with Gasteiger partial charge in [0, 0.05) is 44.6 Å². The van der Waals surface area contributed by atoms with Gasteiger partial charge in [-0.2, -0.15) is 0 Å². The minimum absolute atomic E-state index is 0.116. The van der Waals surface area contributed by atoms with E-state index in [-0.39, 0.29) is 12.8 Å². The first kappa shape index (κ1) is 15.0. The van der Waals surface area contributed by atoms with Crippen molar-refractivity contribution in [3.05, 3.63) is 24.0 Å². The number of hydrogen-bond donors (Lipinski definition) is 2. The number of aromatic nitrogens is 2. The summed E-state index contributed by atoms with van der Waals surface area (Å²) in [6, 6.07) is 2.93. The molecule has 118 valence electrons.